The topological polar surface area (TPSA) is 101 Å². The van der Waals surface area contributed by atoms with Gasteiger partial charge in [-0.25, -0.2) is 14.7 Å². The highest BCUT2D eigenvalue weighted by atomic mass is 32.1. The van der Waals surface area contributed by atoms with Crippen LogP contribution in [0.3, 0.4) is 0 Å². The Morgan fingerprint density at radius 1 is 1.31 bits per heavy atom. The second kappa shape index (κ2) is 9.04. The number of carbonyl (C=O) groups is 3. The zero-order valence-corrected chi connectivity index (χ0v) is 17.4. The number of imide groups is 1. The van der Waals surface area contributed by atoms with Gasteiger partial charge in [-0.2, -0.15) is 0 Å². The van der Waals surface area contributed by atoms with E-state index in [0.717, 1.165) is 15.6 Å². The summed E-state index contributed by atoms with van der Waals surface area (Å²) in [6, 6.07) is 5.16. The number of rotatable bonds is 8. The molecule has 3 rings (SSSR count). The van der Waals surface area contributed by atoms with Gasteiger partial charge < -0.3 is 15.4 Å². The molecule has 1 aromatic carbocycles. The van der Waals surface area contributed by atoms with E-state index in [1.807, 2.05) is 5.38 Å². The highest BCUT2D eigenvalue weighted by molar-refractivity contribution is 7.09. The van der Waals surface area contributed by atoms with Crippen LogP contribution in [0.1, 0.15) is 36.9 Å². The highest BCUT2D eigenvalue weighted by Crippen LogP contribution is 2.23. The molecule has 154 valence electrons. The summed E-state index contributed by atoms with van der Waals surface area (Å²) in [5.41, 5.74) is 1.48. The van der Waals surface area contributed by atoms with Crippen molar-refractivity contribution >= 4 is 34.9 Å². The van der Waals surface area contributed by atoms with E-state index in [4.69, 9.17) is 4.74 Å². The van der Waals surface area contributed by atoms with E-state index < -0.39 is 18.0 Å². The molecule has 9 heteroatoms. The Balaban J connectivity index is 1.51. The quantitative estimate of drug-likeness (QED) is 0.644. The zero-order valence-electron chi connectivity index (χ0n) is 16.6. The van der Waals surface area contributed by atoms with Gasteiger partial charge in [0.15, 0.2) is 0 Å². The zero-order chi connectivity index (χ0) is 21.0. The maximum absolute atomic E-state index is 12.6. The minimum absolute atomic E-state index is 0.105. The van der Waals surface area contributed by atoms with Gasteiger partial charge in [0, 0.05) is 18.3 Å². The van der Waals surface area contributed by atoms with Gasteiger partial charge in [0.05, 0.1) is 29.9 Å². The van der Waals surface area contributed by atoms with Crippen LogP contribution in [0.5, 0.6) is 5.75 Å². The number of hydrogen-bond acceptors (Lipinski definition) is 6. The van der Waals surface area contributed by atoms with E-state index in [9.17, 15) is 14.4 Å². The van der Waals surface area contributed by atoms with Gasteiger partial charge in [0.25, 0.3) is 5.91 Å². The fraction of sp³-hybridized carbons (Fsp3) is 0.400. The Labute approximate surface area is 173 Å². The fourth-order valence-corrected chi connectivity index (χ4v) is 3.88. The molecule has 1 aromatic heterocycles. The molecule has 1 atom stereocenters. The van der Waals surface area contributed by atoms with Crippen LogP contribution in [0.25, 0.3) is 0 Å². The predicted molar refractivity (Wildman–Crippen MR) is 110 cm³/mol. The molecule has 1 aliphatic heterocycles. The molecule has 4 amide bonds. The van der Waals surface area contributed by atoms with Crippen molar-refractivity contribution in [3.8, 4) is 5.75 Å². The van der Waals surface area contributed by atoms with Crippen molar-refractivity contribution in [3.05, 3.63) is 40.3 Å². The summed E-state index contributed by atoms with van der Waals surface area (Å²) >= 11 is 1.57. The van der Waals surface area contributed by atoms with E-state index in [2.05, 4.69) is 29.5 Å². The van der Waals surface area contributed by atoms with Crippen LogP contribution in [0.2, 0.25) is 0 Å². The van der Waals surface area contributed by atoms with Gasteiger partial charge in [-0.15, -0.1) is 11.3 Å². The van der Waals surface area contributed by atoms with E-state index in [1.165, 1.54) is 7.11 Å². The van der Waals surface area contributed by atoms with Crippen LogP contribution in [-0.4, -0.2) is 42.5 Å². The summed E-state index contributed by atoms with van der Waals surface area (Å²) in [5.74, 6) is 0.260. The lowest BCUT2D eigenvalue weighted by Gasteiger charge is -2.13. The van der Waals surface area contributed by atoms with Gasteiger partial charge in [-0.3, -0.25) is 9.59 Å². The van der Waals surface area contributed by atoms with Crippen LogP contribution in [0, 0.1) is 0 Å². The first-order valence-electron chi connectivity index (χ1n) is 9.38. The molecule has 2 heterocycles. The lowest BCUT2D eigenvalue weighted by atomic mass is 10.2. The molecule has 0 saturated carbocycles. The number of anilines is 1. The van der Waals surface area contributed by atoms with Crippen molar-refractivity contribution < 1.29 is 19.1 Å². The van der Waals surface area contributed by atoms with Crippen LogP contribution in [0.15, 0.2) is 29.6 Å². The average Bonchev–Trinajstić information content (AvgIpc) is 3.27. The Morgan fingerprint density at radius 3 is 2.66 bits per heavy atom. The molecule has 8 nitrogen and oxygen atoms in total. The standard InChI is InChI=1S/C20H24N4O4S/c1-12(2)16-11-29-18(22-16)8-9-21-17(25)10-15-19(26)24(20(27)23-15)13-4-6-14(28-3)7-5-13/h4-7,11-12,15H,8-10H2,1-3H3,(H,21,25)(H,23,27)/t15-/m1/s1. The van der Waals surface area contributed by atoms with Crippen molar-refractivity contribution in [2.24, 2.45) is 0 Å². The Kier molecular flexibility index (Phi) is 6.48. The monoisotopic (exact) mass is 416 g/mol. The Bertz CT molecular complexity index is 894. The number of nitrogens with zero attached hydrogens (tertiary/aromatic N) is 2. The summed E-state index contributed by atoms with van der Waals surface area (Å²) in [6.45, 7) is 4.60. The summed E-state index contributed by atoms with van der Waals surface area (Å²) < 4.78 is 5.08. The summed E-state index contributed by atoms with van der Waals surface area (Å²) in [4.78, 5) is 42.6. The van der Waals surface area contributed by atoms with Gasteiger partial charge in [0.2, 0.25) is 5.91 Å². The number of benzene rings is 1. The van der Waals surface area contributed by atoms with Crippen molar-refractivity contribution in [2.75, 3.05) is 18.6 Å². The molecule has 0 radical (unpaired) electrons. The molecular formula is C20H24N4O4S. The largest absolute Gasteiger partial charge is 0.497 e. The molecule has 0 spiro atoms. The van der Waals surface area contributed by atoms with Crippen molar-refractivity contribution in [2.45, 2.75) is 38.6 Å². The number of methoxy groups -OCH3 is 1. The number of urea groups is 1. The molecule has 0 unspecified atom stereocenters. The van der Waals surface area contributed by atoms with Gasteiger partial charge in [-0.1, -0.05) is 13.8 Å². The van der Waals surface area contributed by atoms with E-state index in [1.54, 1.807) is 35.6 Å². The maximum Gasteiger partial charge on any atom is 0.329 e. The molecule has 2 N–H and O–H groups in total. The summed E-state index contributed by atoms with van der Waals surface area (Å²) in [5, 5.41) is 8.35. The van der Waals surface area contributed by atoms with Crippen LogP contribution in [0.4, 0.5) is 10.5 Å². The summed E-state index contributed by atoms with van der Waals surface area (Å²) in [6.07, 6.45) is 0.526. The lowest BCUT2D eigenvalue weighted by Crippen LogP contribution is -2.37. The third-order valence-corrected chi connectivity index (χ3v) is 5.49. The number of thiazole rings is 1. The highest BCUT2D eigenvalue weighted by Gasteiger charge is 2.40. The molecule has 2 aromatic rings. The first-order chi connectivity index (χ1) is 13.9. The second-order valence-electron chi connectivity index (χ2n) is 7.00. The average molecular weight is 417 g/mol. The molecule has 29 heavy (non-hydrogen) atoms. The third-order valence-electron chi connectivity index (χ3n) is 4.56. The first kappa shape index (κ1) is 20.8. The predicted octanol–water partition coefficient (Wildman–Crippen LogP) is 2.45. The number of ether oxygens (including phenoxy) is 1. The van der Waals surface area contributed by atoms with E-state index in [-0.39, 0.29) is 12.3 Å². The minimum atomic E-state index is -0.878. The van der Waals surface area contributed by atoms with Gasteiger partial charge in [-0.05, 0) is 30.2 Å². The van der Waals surface area contributed by atoms with Crippen LogP contribution in [-0.2, 0) is 16.0 Å². The smallest absolute Gasteiger partial charge is 0.329 e. The molecule has 0 aliphatic carbocycles. The molecule has 1 aliphatic rings. The fourth-order valence-electron chi connectivity index (χ4n) is 2.92. The molecule has 1 fully saturated rings. The molecule has 1 saturated heterocycles. The van der Waals surface area contributed by atoms with Gasteiger partial charge >= 0.3 is 6.03 Å². The number of carbonyl (C=O) groups excluding carboxylic acids is 3. The number of aromatic nitrogens is 1. The minimum Gasteiger partial charge on any atom is -0.497 e. The third kappa shape index (κ3) is 4.92. The van der Waals surface area contributed by atoms with E-state index >= 15 is 0 Å². The Morgan fingerprint density at radius 2 is 2.03 bits per heavy atom. The van der Waals surface area contributed by atoms with Crippen molar-refractivity contribution in [1.29, 1.82) is 0 Å². The Hall–Kier alpha value is -2.94. The SMILES string of the molecule is COc1ccc(N2C(=O)N[C@H](CC(=O)NCCc3nc(C(C)C)cs3)C2=O)cc1. The van der Waals surface area contributed by atoms with Crippen LogP contribution < -0.4 is 20.3 Å². The number of nitrogens with one attached hydrogen (secondary N) is 2. The lowest BCUT2D eigenvalue weighted by molar-refractivity contribution is -0.125. The normalized spacial score (nSPS) is 16.3. The van der Waals surface area contributed by atoms with Crippen molar-refractivity contribution in [3.63, 3.8) is 0 Å². The first-order valence-corrected chi connectivity index (χ1v) is 10.3. The maximum atomic E-state index is 12.6. The number of hydrogen-bond donors (Lipinski definition) is 2. The number of amides is 4. The van der Waals surface area contributed by atoms with Gasteiger partial charge in [0.1, 0.15) is 11.8 Å². The molecule has 0 bridgehead atoms. The van der Waals surface area contributed by atoms with E-state index in [0.29, 0.717) is 30.3 Å². The molecular weight excluding hydrogens is 392 g/mol. The van der Waals surface area contributed by atoms with Crippen LogP contribution >= 0.6 is 11.3 Å². The second-order valence-corrected chi connectivity index (χ2v) is 7.94. The van der Waals surface area contributed by atoms with Crippen molar-refractivity contribution in [1.82, 2.24) is 15.6 Å². The summed E-state index contributed by atoms with van der Waals surface area (Å²) in [7, 11) is 1.54.